The molecule has 0 N–H and O–H groups in total. The van der Waals surface area contributed by atoms with Gasteiger partial charge in [0.1, 0.15) is 0 Å². The third-order valence-corrected chi connectivity index (χ3v) is 5.26. The summed E-state index contributed by atoms with van der Waals surface area (Å²) in [5, 5.41) is 0. The first kappa shape index (κ1) is 44.1. The van der Waals surface area contributed by atoms with Crippen LogP contribution in [0.4, 0.5) is 0 Å². The smallest absolute Gasteiger partial charge is 0.0340 e. The number of hydrogen-bond acceptors (Lipinski definition) is 1. The van der Waals surface area contributed by atoms with Gasteiger partial charge < -0.3 is 0 Å². The molecule has 1 aromatic carbocycles. The minimum Gasteiger partial charge on any atom is -0.264 e. The van der Waals surface area contributed by atoms with E-state index in [0.29, 0.717) is 21.7 Å². The lowest BCUT2D eigenvalue weighted by Crippen LogP contribution is -2.25. The standard InChI is InChI=1S/C13H11N.C8H18.C6H14.C5H12.3CH4/c1-2-5-12(6-3-1)8-9-13-7-4-10-14-11-13;1-7(2,3)8(4,5)6;1-5-6(2,3)4;1-5(2,3)4;;;/h1-11H;1-6H3;5H2,1-4H3;1-4H3;3*1H4/b9-8+;;;;;;. The third kappa shape index (κ3) is 32.1. The highest BCUT2D eigenvalue weighted by Gasteiger charge is 2.26. The molecule has 0 unspecified atom stereocenters. The average Bonchev–Trinajstić information content (AvgIpc) is 2.66. The quantitative estimate of drug-likeness (QED) is 0.398. The zero-order valence-corrected chi connectivity index (χ0v) is 24.5. The molecule has 1 nitrogen and oxygen atoms in total. The molecule has 0 saturated heterocycles. The Hall–Kier alpha value is -1.89. The normalized spacial score (nSPS) is 10.9. The number of rotatable bonds is 2. The van der Waals surface area contributed by atoms with Crippen LogP contribution in [0.3, 0.4) is 0 Å². The van der Waals surface area contributed by atoms with Crippen LogP contribution in [0.5, 0.6) is 0 Å². The molecule has 0 bridgehead atoms. The third-order valence-electron chi connectivity index (χ3n) is 5.26. The van der Waals surface area contributed by atoms with Crippen molar-refractivity contribution in [2.24, 2.45) is 21.7 Å². The van der Waals surface area contributed by atoms with Gasteiger partial charge in [0, 0.05) is 12.4 Å². The molecule has 0 aliphatic rings. The molecular weight excluding hydrogens is 434 g/mol. The van der Waals surface area contributed by atoms with Crippen LogP contribution < -0.4 is 0 Å². The maximum absolute atomic E-state index is 4.05. The first-order valence-corrected chi connectivity index (χ1v) is 12.4. The lowest BCUT2D eigenvalue weighted by atomic mass is 9.71. The Morgan fingerprint density at radius 3 is 1.19 bits per heavy atom. The Morgan fingerprint density at radius 1 is 0.583 bits per heavy atom. The highest BCUT2D eigenvalue weighted by molar-refractivity contribution is 5.68. The van der Waals surface area contributed by atoms with Crippen molar-refractivity contribution in [3.63, 3.8) is 0 Å². The molecule has 1 heterocycles. The average molecular weight is 502 g/mol. The van der Waals surface area contributed by atoms with Crippen LogP contribution in [0.1, 0.15) is 137 Å². The monoisotopic (exact) mass is 502 g/mol. The van der Waals surface area contributed by atoms with Gasteiger partial charge in [-0.25, -0.2) is 0 Å². The lowest BCUT2D eigenvalue weighted by molar-refractivity contribution is 0.157. The van der Waals surface area contributed by atoms with E-state index < -0.39 is 0 Å². The molecule has 0 aliphatic carbocycles. The SMILES string of the molecule is C.C.C.C(=C\c1cccnc1)/c1ccccc1.CC(C)(C)C.CC(C)(C)C(C)(C)C.CCC(C)(C)C. The second kappa shape index (κ2) is 20.2. The molecule has 2 rings (SSSR count). The molecular formula is C35H67N. The van der Waals surface area contributed by atoms with Crippen LogP contribution in [0.25, 0.3) is 12.2 Å². The topological polar surface area (TPSA) is 12.9 Å². The largest absolute Gasteiger partial charge is 0.264 e. The van der Waals surface area contributed by atoms with Crippen LogP contribution >= 0.6 is 0 Å². The van der Waals surface area contributed by atoms with Gasteiger partial charge in [0.05, 0.1) is 0 Å². The molecule has 0 spiro atoms. The number of aromatic nitrogens is 1. The van der Waals surface area contributed by atoms with Gasteiger partial charge in [-0.2, -0.15) is 0 Å². The van der Waals surface area contributed by atoms with E-state index in [0.717, 1.165) is 5.56 Å². The summed E-state index contributed by atoms with van der Waals surface area (Å²) >= 11 is 0. The van der Waals surface area contributed by atoms with Crippen LogP contribution in [-0.2, 0) is 0 Å². The van der Waals surface area contributed by atoms with Crippen molar-refractivity contribution in [1.29, 1.82) is 0 Å². The molecule has 1 heteroatoms. The van der Waals surface area contributed by atoms with Crippen molar-refractivity contribution >= 4 is 12.2 Å². The Morgan fingerprint density at radius 2 is 0.917 bits per heavy atom. The van der Waals surface area contributed by atoms with E-state index in [4.69, 9.17) is 0 Å². The van der Waals surface area contributed by atoms with Crippen LogP contribution in [-0.4, -0.2) is 4.98 Å². The Labute approximate surface area is 230 Å². The molecule has 0 fully saturated rings. The molecule has 212 valence electrons. The van der Waals surface area contributed by atoms with Crippen LogP contribution in [0.2, 0.25) is 0 Å². The minimum absolute atomic E-state index is 0. The second-order valence-electron chi connectivity index (χ2n) is 13.4. The Balaban J connectivity index is -0.000000127. The molecule has 0 amide bonds. The maximum atomic E-state index is 4.05. The summed E-state index contributed by atoms with van der Waals surface area (Å²) < 4.78 is 0. The van der Waals surface area contributed by atoms with E-state index in [1.165, 1.54) is 12.0 Å². The van der Waals surface area contributed by atoms with Crippen molar-refractivity contribution < 1.29 is 0 Å². The highest BCUT2D eigenvalue weighted by atomic mass is 14.6. The van der Waals surface area contributed by atoms with E-state index in [2.05, 4.69) is 126 Å². The fraction of sp³-hybridized carbons (Fsp3) is 0.629. The summed E-state index contributed by atoms with van der Waals surface area (Å²) in [7, 11) is 0. The van der Waals surface area contributed by atoms with E-state index in [1.54, 1.807) is 6.20 Å². The maximum Gasteiger partial charge on any atom is 0.0340 e. The summed E-state index contributed by atoms with van der Waals surface area (Å²) in [4.78, 5) is 4.05. The first-order chi connectivity index (χ1) is 14.8. The molecule has 0 atom stereocenters. The number of nitrogens with zero attached hydrogens (tertiary/aromatic N) is 1. The fourth-order valence-corrected chi connectivity index (χ4v) is 1.23. The molecule has 0 aliphatic heterocycles. The van der Waals surface area contributed by atoms with Crippen LogP contribution in [0, 0.1) is 21.7 Å². The van der Waals surface area contributed by atoms with Gasteiger partial charge in [0.2, 0.25) is 0 Å². The minimum atomic E-state index is 0. The summed E-state index contributed by atoms with van der Waals surface area (Å²) in [5.41, 5.74) is 4.24. The molecule has 0 saturated carbocycles. The molecule has 0 radical (unpaired) electrons. The summed E-state index contributed by atoms with van der Waals surface area (Å²) in [5.74, 6) is 0. The predicted octanol–water partition coefficient (Wildman–Crippen LogP) is 12.7. The highest BCUT2D eigenvalue weighted by Crippen LogP contribution is 2.36. The van der Waals surface area contributed by atoms with Crippen molar-refractivity contribution in [1.82, 2.24) is 4.98 Å². The number of pyridine rings is 1. The van der Waals surface area contributed by atoms with E-state index in [1.807, 2.05) is 36.5 Å². The van der Waals surface area contributed by atoms with E-state index in [9.17, 15) is 0 Å². The van der Waals surface area contributed by atoms with Gasteiger partial charge in [-0.05, 0) is 38.9 Å². The lowest BCUT2D eigenvalue weighted by Gasteiger charge is -2.34. The zero-order chi connectivity index (χ0) is 26.3. The van der Waals surface area contributed by atoms with Crippen molar-refractivity contribution in [2.45, 2.75) is 126 Å². The Bertz CT molecular complexity index is 668. The molecule has 2 aromatic rings. The summed E-state index contributed by atoms with van der Waals surface area (Å²) in [6.45, 7) is 31.3. The summed E-state index contributed by atoms with van der Waals surface area (Å²) in [6.07, 6.45) is 9.03. The second-order valence-corrected chi connectivity index (χ2v) is 13.4. The summed E-state index contributed by atoms with van der Waals surface area (Å²) in [6, 6.07) is 14.2. The number of hydrogen-bond donors (Lipinski definition) is 0. The first-order valence-electron chi connectivity index (χ1n) is 12.4. The molecule has 1 aromatic heterocycles. The Kier molecular flexibility index (Phi) is 24.8. The van der Waals surface area contributed by atoms with Crippen molar-refractivity contribution in [3.8, 4) is 0 Å². The van der Waals surface area contributed by atoms with Gasteiger partial charge in [0.15, 0.2) is 0 Å². The fourth-order valence-electron chi connectivity index (χ4n) is 1.23. The van der Waals surface area contributed by atoms with E-state index in [-0.39, 0.29) is 22.3 Å². The van der Waals surface area contributed by atoms with Gasteiger partial charge in [-0.3, -0.25) is 4.98 Å². The van der Waals surface area contributed by atoms with E-state index >= 15 is 0 Å². The van der Waals surface area contributed by atoms with Gasteiger partial charge >= 0.3 is 0 Å². The zero-order valence-electron chi connectivity index (χ0n) is 24.5. The van der Waals surface area contributed by atoms with Crippen molar-refractivity contribution in [3.05, 3.63) is 66.0 Å². The van der Waals surface area contributed by atoms with Crippen LogP contribution in [0.15, 0.2) is 54.9 Å². The molecule has 36 heavy (non-hydrogen) atoms. The van der Waals surface area contributed by atoms with Gasteiger partial charge in [-0.15, -0.1) is 0 Å². The van der Waals surface area contributed by atoms with Crippen molar-refractivity contribution in [2.75, 3.05) is 0 Å². The predicted molar refractivity (Wildman–Crippen MR) is 174 cm³/mol. The van der Waals surface area contributed by atoms with Gasteiger partial charge in [-0.1, -0.05) is 174 Å². The number of benzene rings is 1. The van der Waals surface area contributed by atoms with Gasteiger partial charge in [0.25, 0.3) is 0 Å².